The molecule has 128 valence electrons. The van der Waals surface area contributed by atoms with Crippen molar-refractivity contribution >= 4 is 27.5 Å². The third-order valence-electron chi connectivity index (χ3n) is 4.23. The number of nitriles is 1. The Kier molecular flexibility index (Phi) is 5.07. The summed E-state index contributed by atoms with van der Waals surface area (Å²) < 4.78 is 0.945. The molecule has 0 saturated heterocycles. The van der Waals surface area contributed by atoms with E-state index in [0.717, 1.165) is 35.1 Å². The Morgan fingerprint density at radius 3 is 2.64 bits per heavy atom. The normalized spacial score (nSPS) is 18.5. The number of halogens is 1. The number of carbonyl (C=O) groups excluding carboxylic acids is 1. The second-order valence-electron chi connectivity index (χ2n) is 6.03. The van der Waals surface area contributed by atoms with Gasteiger partial charge in [-0.25, -0.2) is 5.84 Å². The van der Waals surface area contributed by atoms with Crippen LogP contribution in [0.5, 0.6) is 0 Å². The van der Waals surface area contributed by atoms with Gasteiger partial charge in [-0.2, -0.15) is 5.26 Å². The molecule has 2 N–H and O–H groups in total. The number of benzene rings is 1. The molecule has 1 aliphatic carbocycles. The molecule has 25 heavy (non-hydrogen) atoms. The monoisotopic (exact) mass is 398 g/mol. The maximum atomic E-state index is 13.1. The van der Waals surface area contributed by atoms with Gasteiger partial charge in [0.25, 0.3) is 5.91 Å². The van der Waals surface area contributed by atoms with E-state index < -0.39 is 0 Å². The van der Waals surface area contributed by atoms with Gasteiger partial charge in [0.05, 0.1) is 17.3 Å². The number of hydrogen-bond donors (Lipinski definition) is 1. The maximum absolute atomic E-state index is 13.1. The number of allylic oxidation sites excluding steroid dienone is 2. The van der Waals surface area contributed by atoms with Gasteiger partial charge in [0.1, 0.15) is 0 Å². The quantitative estimate of drug-likeness (QED) is 0.784. The van der Waals surface area contributed by atoms with E-state index in [1.54, 1.807) is 24.4 Å². The molecule has 0 spiro atoms. The summed E-state index contributed by atoms with van der Waals surface area (Å²) in [6.45, 7) is 2.02. The predicted octanol–water partition coefficient (Wildman–Crippen LogP) is 3.70. The summed E-state index contributed by atoms with van der Waals surface area (Å²) >= 11 is 3.52. The first-order valence-electron chi connectivity index (χ1n) is 8.21. The zero-order valence-corrected chi connectivity index (χ0v) is 15.5. The summed E-state index contributed by atoms with van der Waals surface area (Å²) in [5.41, 5.74) is 2.78. The molecule has 2 aliphatic rings. The molecule has 0 aromatic heterocycles. The fourth-order valence-electron chi connectivity index (χ4n) is 2.71. The Labute approximate surface area is 155 Å². The van der Waals surface area contributed by atoms with Gasteiger partial charge in [0, 0.05) is 28.0 Å². The lowest BCUT2D eigenvalue weighted by Crippen LogP contribution is -2.35. The zero-order chi connectivity index (χ0) is 18.0. The highest BCUT2D eigenvalue weighted by Crippen LogP contribution is 2.34. The van der Waals surface area contributed by atoms with Crippen molar-refractivity contribution in [2.24, 2.45) is 5.84 Å². The van der Waals surface area contributed by atoms with Crippen LogP contribution in [0.25, 0.3) is 0 Å². The van der Waals surface area contributed by atoms with E-state index >= 15 is 0 Å². The van der Waals surface area contributed by atoms with Crippen molar-refractivity contribution in [3.63, 3.8) is 0 Å². The minimum absolute atomic E-state index is 0.0505. The van der Waals surface area contributed by atoms with Crippen molar-refractivity contribution < 1.29 is 4.79 Å². The molecule has 1 heterocycles. The van der Waals surface area contributed by atoms with Gasteiger partial charge < -0.3 is 4.90 Å². The second kappa shape index (κ2) is 7.26. The Morgan fingerprint density at radius 2 is 2.08 bits per heavy atom. The van der Waals surface area contributed by atoms with Crippen molar-refractivity contribution in [2.75, 3.05) is 4.90 Å². The average molecular weight is 399 g/mol. The highest BCUT2D eigenvalue weighted by molar-refractivity contribution is 9.11. The van der Waals surface area contributed by atoms with Gasteiger partial charge >= 0.3 is 0 Å². The minimum atomic E-state index is -0.0505. The highest BCUT2D eigenvalue weighted by atomic mass is 79.9. The van der Waals surface area contributed by atoms with Crippen LogP contribution in [-0.2, 0) is 4.79 Å². The summed E-state index contributed by atoms with van der Waals surface area (Å²) in [6.07, 6.45) is 8.02. The van der Waals surface area contributed by atoms with Crippen LogP contribution in [0.15, 0.2) is 58.4 Å². The van der Waals surface area contributed by atoms with Crippen molar-refractivity contribution in [1.82, 2.24) is 5.01 Å². The molecule has 1 aromatic rings. The number of hydrogen-bond acceptors (Lipinski definition) is 4. The molecule has 1 amide bonds. The first kappa shape index (κ1) is 17.5. The summed E-state index contributed by atoms with van der Waals surface area (Å²) in [5.74, 6) is 5.92. The van der Waals surface area contributed by atoms with E-state index in [2.05, 4.69) is 22.0 Å². The minimum Gasteiger partial charge on any atom is -0.305 e. The molecule has 0 unspecified atom stereocenters. The van der Waals surface area contributed by atoms with Crippen LogP contribution in [0.4, 0.5) is 5.69 Å². The number of hydrazine groups is 1. The van der Waals surface area contributed by atoms with Gasteiger partial charge in [-0.05, 0) is 55.7 Å². The molecule has 0 atom stereocenters. The van der Waals surface area contributed by atoms with Crippen molar-refractivity contribution in [1.29, 1.82) is 5.26 Å². The standard InChI is InChI=1S/C19H19BrN4O/c1-2-17(20)18-11-14(9-10-23(18)22)19(25)24(16-7-8-16)15-5-3-13(12-21)4-6-15/h3-6,9-11,16H,2,7-8,22H2,1H3/b18-17+. The van der Waals surface area contributed by atoms with Crippen molar-refractivity contribution in [2.45, 2.75) is 32.2 Å². The predicted molar refractivity (Wildman–Crippen MR) is 101 cm³/mol. The van der Waals surface area contributed by atoms with E-state index in [1.807, 2.05) is 30.0 Å². The lowest BCUT2D eigenvalue weighted by Gasteiger charge is -2.26. The van der Waals surface area contributed by atoms with E-state index in [1.165, 1.54) is 5.01 Å². The molecule has 5 nitrogen and oxygen atoms in total. The molecule has 1 saturated carbocycles. The average Bonchev–Trinajstić information content (AvgIpc) is 3.47. The van der Waals surface area contributed by atoms with E-state index in [4.69, 9.17) is 11.1 Å². The molecule has 0 bridgehead atoms. The van der Waals surface area contributed by atoms with Gasteiger partial charge in [-0.3, -0.25) is 9.80 Å². The largest absolute Gasteiger partial charge is 0.305 e. The van der Waals surface area contributed by atoms with E-state index in [9.17, 15) is 4.79 Å². The fraction of sp³-hybridized carbons (Fsp3) is 0.263. The van der Waals surface area contributed by atoms with Crippen molar-refractivity contribution in [3.05, 3.63) is 63.9 Å². The zero-order valence-electron chi connectivity index (χ0n) is 13.9. The number of rotatable bonds is 4. The summed E-state index contributed by atoms with van der Waals surface area (Å²) in [4.78, 5) is 15.0. The van der Waals surface area contributed by atoms with Gasteiger partial charge in [-0.1, -0.05) is 22.9 Å². The fourth-order valence-corrected chi connectivity index (χ4v) is 3.02. The number of nitrogens with two attached hydrogens (primary N) is 1. The Bertz CT molecular complexity index is 813. The number of nitrogens with zero attached hydrogens (tertiary/aromatic N) is 3. The first-order chi connectivity index (χ1) is 12.0. The van der Waals surface area contributed by atoms with Crippen LogP contribution in [0, 0.1) is 11.3 Å². The number of carbonyl (C=O) groups is 1. The Morgan fingerprint density at radius 1 is 1.40 bits per heavy atom. The number of anilines is 1. The molecular formula is C19H19BrN4O. The van der Waals surface area contributed by atoms with Crippen LogP contribution in [-0.4, -0.2) is 17.0 Å². The van der Waals surface area contributed by atoms with E-state index in [-0.39, 0.29) is 11.9 Å². The maximum Gasteiger partial charge on any atom is 0.258 e. The molecule has 6 heteroatoms. The summed E-state index contributed by atoms with van der Waals surface area (Å²) in [7, 11) is 0. The molecular weight excluding hydrogens is 380 g/mol. The third kappa shape index (κ3) is 3.68. The van der Waals surface area contributed by atoms with Gasteiger partial charge in [0.2, 0.25) is 0 Å². The lowest BCUT2D eigenvalue weighted by molar-refractivity contribution is -0.115. The third-order valence-corrected chi connectivity index (χ3v) is 5.19. The van der Waals surface area contributed by atoms with E-state index in [0.29, 0.717) is 11.1 Å². The molecule has 0 radical (unpaired) electrons. The first-order valence-corrected chi connectivity index (χ1v) is 9.00. The molecule has 1 aliphatic heterocycles. The topological polar surface area (TPSA) is 73.4 Å². The summed E-state index contributed by atoms with van der Waals surface area (Å²) in [6, 6.07) is 9.46. The van der Waals surface area contributed by atoms with Crippen LogP contribution >= 0.6 is 15.9 Å². The molecule has 1 aromatic carbocycles. The smallest absolute Gasteiger partial charge is 0.258 e. The van der Waals surface area contributed by atoms with Crippen LogP contribution < -0.4 is 10.7 Å². The SMILES string of the molecule is CC/C(Br)=C1/C=C(C(=O)N(c2ccc(C#N)cc2)C2CC2)C=CN1N. The van der Waals surface area contributed by atoms with Crippen molar-refractivity contribution in [3.8, 4) is 6.07 Å². The Hall–Kier alpha value is -2.36. The van der Waals surface area contributed by atoms with Crippen LogP contribution in [0.3, 0.4) is 0 Å². The van der Waals surface area contributed by atoms with Gasteiger partial charge in [0.15, 0.2) is 0 Å². The molecule has 1 fully saturated rings. The summed E-state index contributed by atoms with van der Waals surface area (Å²) in [5, 5.41) is 10.5. The van der Waals surface area contributed by atoms with Crippen LogP contribution in [0.2, 0.25) is 0 Å². The van der Waals surface area contributed by atoms with Gasteiger partial charge in [-0.15, -0.1) is 0 Å². The second-order valence-corrected chi connectivity index (χ2v) is 6.99. The lowest BCUT2D eigenvalue weighted by atomic mass is 10.1. The molecule has 3 rings (SSSR count). The number of amides is 1. The van der Waals surface area contributed by atoms with Crippen LogP contribution in [0.1, 0.15) is 31.7 Å². The Balaban J connectivity index is 1.93. The highest BCUT2D eigenvalue weighted by Gasteiger charge is 2.35.